The third-order valence-corrected chi connectivity index (χ3v) is 1.02. The maximum atomic E-state index is 4.85. The van der Waals surface area contributed by atoms with Gasteiger partial charge >= 0.3 is 0 Å². The van der Waals surface area contributed by atoms with Crippen molar-refractivity contribution in [3.05, 3.63) is 11.8 Å². The zero-order chi connectivity index (χ0) is 4.41. The Morgan fingerprint density at radius 2 is 2.29 bits per heavy atom. The third kappa shape index (κ3) is 1.26. The Kier molecular flexibility index (Phi) is 2.57. The maximum absolute atomic E-state index is 4.85. The summed E-state index contributed by atoms with van der Waals surface area (Å²) < 4.78 is 4.85. The molecule has 0 radical (unpaired) electrons. The summed E-state index contributed by atoms with van der Waals surface area (Å²) in [6, 6.07) is 0. The van der Waals surface area contributed by atoms with Gasteiger partial charge in [0, 0.05) is 6.42 Å². The van der Waals surface area contributed by atoms with Crippen molar-refractivity contribution < 1.29 is 4.74 Å². The van der Waals surface area contributed by atoms with Gasteiger partial charge in [0.05, 0.1) is 21.3 Å². The van der Waals surface area contributed by atoms with E-state index in [0.717, 1.165) is 12.2 Å². The molecular weight excluding hydrogens is 86.9 g/mol. The fourth-order valence-corrected chi connectivity index (χ4v) is 0.448. The summed E-state index contributed by atoms with van der Waals surface area (Å²) in [7, 11) is 1.71. The summed E-state index contributed by atoms with van der Waals surface area (Å²) in [5, 5.41) is 0. The second kappa shape index (κ2) is 2.72. The van der Waals surface area contributed by atoms with E-state index in [1.165, 1.54) is 6.42 Å². The largest absolute Gasteiger partial charge is 0.501 e. The second-order valence-electron chi connectivity index (χ2n) is 1.41. The molecule has 0 fully saturated rings. The first kappa shape index (κ1) is 6.60. The zero-order valence-electron chi connectivity index (χ0n) is 3.90. The lowest BCUT2D eigenvalue weighted by molar-refractivity contribution is 0.260. The number of hydrogen-bond acceptors (Lipinski definition) is 1. The van der Waals surface area contributed by atoms with Crippen LogP contribution in [0.5, 0.6) is 0 Å². The van der Waals surface area contributed by atoms with Crippen molar-refractivity contribution in [3.8, 4) is 0 Å². The van der Waals surface area contributed by atoms with Crippen LogP contribution < -0.4 is 0 Å². The number of methoxy groups -OCH3 is 1. The van der Waals surface area contributed by atoms with Crippen LogP contribution in [-0.4, -0.2) is 15.5 Å². The first-order valence-corrected chi connectivity index (χ1v) is 2.16. The molecule has 0 unspecified atom stereocenters. The zero-order valence-corrected chi connectivity index (χ0v) is 3.90. The van der Waals surface area contributed by atoms with E-state index >= 15 is 0 Å². The van der Waals surface area contributed by atoms with Gasteiger partial charge < -0.3 is 4.74 Å². The smallest absolute Gasteiger partial charge is 0.0918 e. The molecule has 0 bridgehead atoms. The van der Waals surface area contributed by atoms with E-state index in [-0.39, 0.29) is 8.41 Å². The molecule has 1 rings (SSSR count). The van der Waals surface area contributed by atoms with Crippen molar-refractivity contribution in [2.75, 3.05) is 7.11 Å². The van der Waals surface area contributed by atoms with Gasteiger partial charge in [0.2, 0.25) is 0 Å². The Balaban J connectivity index is 0.000000360. The van der Waals surface area contributed by atoms with E-state index in [1.807, 2.05) is 0 Å². The lowest BCUT2D eigenvalue weighted by Crippen LogP contribution is -1.94. The first-order valence-electron chi connectivity index (χ1n) is 2.16. The van der Waals surface area contributed by atoms with Gasteiger partial charge in [0.15, 0.2) is 0 Å². The monoisotopic (exact) mass is 98.1 g/mol. The Morgan fingerprint density at radius 3 is 2.29 bits per heavy atom. The van der Waals surface area contributed by atoms with E-state index in [0.29, 0.717) is 0 Å². The van der Waals surface area contributed by atoms with Crippen molar-refractivity contribution in [3.63, 3.8) is 0 Å². The molecule has 0 N–H and O–H groups in total. The normalized spacial score (nSPS) is 15.9. The van der Waals surface area contributed by atoms with Crippen LogP contribution in [0, 0.1) is 0 Å². The molecular formula is C5H11BO. The first-order chi connectivity index (χ1) is 2.93. The highest BCUT2D eigenvalue weighted by Gasteiger charge is 2.01. The minimum absolute atomic E-state index is 0. The molecule has 0 amide bonds. The molecule has 1 aliphatic rings. The molecule has 0 aromatic rings. The average molecular weight is 98.0 g/mol. The van der Waals surface area contributed by atoms with Gasteiger partial charge in [0.25, 0.3) is 0 Å². The van der Waals surface area contributed by atoms with Crippen molar-refractivity contribution in [1.29, 1.82) is 0 Å². The highest BCUT2D eigenvalue weighted by Crippen LogP contribution is 2.16. The molecule has 2 heteroatoms. The highest BCUT2D eigenvalue weighted by molar-refractivity contribution is 5.75. The molecule has 0 saturated heterocycles. The van der Waals surface area contributed by atoms with E-state index < -0.39 is 0 Å². The molecule has 1 aliphatic carbocycles. The van der Waals surface area contributed by atoms with Crippen LogP contribution in [0.1, 0.15) is 12.8 Å². The van der Waals surface area contributed by atoms with E-state index in [9.17, 15) is 0 Å². The van der Waals surface area contributed by atoms with Crippen LogP contribution in [0.3, 0.4) is 0 Å². The van der Waals surface area contributed by atoms with Crippen LogP contribution in [0.4, 0.5) is 0 Å². The average Bonchev–Trinajstić information content (AvgIpc) is 1.31. The van der Waals surface area contributed by atoms with Gasteiger partial charge in [-0.1, -0.05) is 0 Å². The number of ether oxygens (including phenoxy) is 1. The number of allylic oxidation sites excluding steroid dienone is 2. The van der Waals surface area contributed by atoms with Crippen molar-refractivity contribution in [1.82, 2.24) is 0 Å². The van der Waals surface area contributed by atoms with Gasteiger partial charge in [-0.2, -0.15) is 0 Å². The molecule has 40 valence electrons. The van der Waals surface area contributed by atoms with Gasteiger partial charge in [-0.15, -0.1) is 0 Å². The molecule has 0 aromatic heterocycles. The topological polar surface area (TPSA) is 9.23 Å². The lowest BCUT2D eigenvalue weighted by atomic mass is 10.1. The van der Waals surface area contributed by atoms with Gasteiger partial charge in [-0.25, -0.2) is 0 Å². The van der Waals surface area contributed by atoms with Crippen LogP contribution in [0.25, 0.3) is 0 Å². The van der Waals surface area contributed by atoms with Crippen LogP contribution >= 0.6 is 0 Å². The summed E-state index contributed by atoms with van der Waals surface area (Å²) in [5.74, 6) is 1.15. The summed E-state index contributed by atoms with van der Waals surface area (Å²) in [5.41, 5.74) is 0. The van der Waals surface area contributed by atoms with Gasteiger partial charge in [-0.3, -0.25) is 0 Å². The number of hydrogen-bond donors (Lipinski definition) is 0. The van der Waals surface area contributed by atoms with E-state index in [2.05, 4.69) is 6.08 Å². The van der Waals surface area contributed by atoms with E-state index in [4.69, 9.17) is 4.74 Å². The Morgan fingerprint density at radius 1 is 1.71 bits per heavy atom. The van der Waals surface area contributed by atoms with Gasteiger partial charge in [-0.05, 0) is 12.5 Å². The SMILES string of the molecule is B.COC1=CCC1. The highest BCUT2D eigenvalue weighted by atomic mass is 16.5. The molecule has 0 aliphatic heterocycles. The molecule has 0 aromatic carbocycles. The lowest BCUT2D eigenvalue weighted by Gasteiger charge is -2.10. The second-order valence-corrected chi connectivity index (χ2v) is 1.41. The quantitative estimate of drug-likeness (QED) is 0.423. The number of rotatable bonds is 1. The maximum Gasteiger partial charge on any atom is 0.0918 e. The molecule has 0 heterocycles. The van der Waals surface area contributed by atoms with Crippen LogP contribution in [-0.2, 0) is 4.74 Å². The third-order valence-electron chi connectivity index (χ3n) is 1.02. The molecule has 7 heavy (non-hydrogen) atoms. The predicted octanol–water partition coefficient (Wildman–Crippen LogP) is 0.127. The van der Waals surface area contributed by atoms with Crippen molar-refractivity contribution in [2.45, 2.75) is 12.8 Å². The Hall–Kier alpha value is -0.395. The van der Waals surface area contributed by atoms with E-state index in [1.54, 1.807) is 7.11 Å². The minimum atomic E-state index is 0. The molecule has 0 atom stereocenters. The summed E-state index contributed by atoms with van der Waals surface area (Å²) >= 11 is 0. The Bertz CT molecular complexity index is 78.1. The van der Waals surface area contributed by atoms with Crippen LogP contribution in [0.2, 0.25) is 0 Å². The van der Waals surface area contributed by atoms with Crippen molar-refractivity contribution >= 4 is 8.41 Å². The molecule has 1 nitrogen and oxygen atoms in total. The Labute approximate surface area is 45.9 Å². The summed E-state index contributed by atoms with van der Waals surface area (Å²) in [6.07, 6.45) is 4.46. The fraction of sp³-hybridized carbons (Fsp3) is 0.600. The van der Waals surface area contributed by atoms with Crippen LogP contribution in [0.15, 0.2) is 11.8 Å². The van der Waals surface area contributed by atoms with Crippen molar-refractivity contribution in [2.24, 2.45) is 0 Å². The fourth-order valence-electron chi connectivity index (χ4n) is 0.448. The predicted molar refractivity (Wildman–Crippen MR) is 34.3 cm³/mol. The molecule has 0 saturated carbocycles. The summed E-state index contributed by atoms with van der Waals surface area (Å²) in [6.45, 7) is 0. The summed E-state index contributed by atoms with van der Waals surface area (Å²) in [4.78, 5) is 0. The molecule has 0 spiro atoms. The standard InChI is InChI=1S/C5H8O.BH3/c1-6-5-3-2-4-5;/h3H,2,4H2,1H3;1H3. The minimum Gasteiger partial charge on any atom is -0.501 e. The van der Waals surface area contributed by atoms with Gasteiger partial charge in [0.1, 0.15) is 0 Å².